The van der Waals surface area contributed by atoms with Crippen LogP contribution in [0.15, 0.2) is 0 Å². The monoisotopic (exact) mass is 258 g/mol. The molecule has 6 nitrogen and oxygen atoms in total. The lowest BCUT2D eigenvalue weighted by Gasteiger charge is -2.24. The van der Waals surface area contributed by atoms with E-state index in [1.54, 1.807) is 27.7 Å². The Kier molecular flexibility index (Phi) is 4.32. The summed E-state index contributed by atoms with van der Waals surface area (Å²) >= 11 is 0. The summed E-state index contributed by atoms with van der Waals surface area (Å²) in [5.41, 5.74) is -1.07. The highest BCUT2D eigenvalue weighted by atomic mass is 16.6. The van der Waals surface area contributed by atoms with Gasteiger partial charge >= 0.3 is 17.9 Å². The van der Waals surface area contributed by atoms with Gasteiger partial charge in [0.1, 0.15) is 11.5 Å². The quantitative estimate of drug-likeness (QED) is 0.419. The van der Waals surface area contributed by atoms with Crippen molar-refractivity contribution in [1.82, 2.24) is 0 Å². The molecule has 0 radical (unpaired) electrons. The first-order valence-corrected chi connectivity index (χ1v) is 5.91. The normalized spacial score (nSPS) is 25.4. The first-order valence-electron chi connectivity index (χ1n) is 5.91. The van der Waals surface area contributed by atoms with Gasteiger partial charge in [-0.15, -0.1) is 0 Å². The number of rotatable bonds is 4. The van der Waals surface area contributed by atoms with Crippen molar-refractivity contribution >= 4 is 17.9 Å². The second kappa shape index (κ2) is 5.37. The van der Waals surface area contributed by atoms with Crippen LogP contribution in [0, 0.1) is 11.8 Å². The number of carbonyl (C=O) groups is 3. The predicted molar refractivity (Wildman–Crippen MR) is 60.4 cm³/mol. The fourth-order valence-corrected chi connectivity index (χ4v) is 2.04. The van der Waals surface area contributed by atoms with Gasteiger partial charge in [-0.1, -0.05) is 0 Å². The molecule has 0 aromatic carbocycles. The standard InChI is InChI=1S/C12H18O6/c1-5-16-9(13)7-8(11(15)17-6-2)12(3,4)18-10(7)14/h7-8H,5-6H2,1-4H3/t7-,8-/m0/s1. The highest BCUT2D eigenvalue weighted by molar-refractivity contribution is 6.01. The minimum Gasteiger partial charge on any atom is -0.466 e. The van der Waals surface area contributed by atoms with Crippen LogP contribution in [0.3, 0.4) is 0 Å². The molecule has 1 saturated heterocycles. The van der Waals surface area contributed by atoms with E-state index in [1.165, 1.54) is 0 Å². The van der Waals surface area contributed by atoms with Crippen LogP contribution in [0.5, 0.6) is 0 Å². The van der Waals surface area contributed by atoms with Crippen LogP contribution in [0.1, 0.15) is 27.7 Å². The van der Waals surface area contributed by atoms with Crippen molar-refractivity contribution in [3.8, 4) is 0 Å². The Labute approximate surface area is 106 Å². The Hall–Kier alpha value is -1.59. The molecule has 1 fully saturated rings. The van der Waals surface area contributed by atoms with E-state index in [0.29, 0.717) is 0 Å². The van der Waals surface area contributed by atoms with Crippen LogP contribution in [-0.4, -0.2) is 36.7 Å². The molecule has 1 aliphatic rings. The smallest absolute Gasteiger partial charge is 0.321 e. The predicted octanol–water partition coefficient (Wildman–Crippen LogP) is 0.680. The van der Waals surface area contributed by atoms with Crippen molar-refractivity contribution < 1.29 is 28.6 Å². The summed E-state index contributed by atoms with van der Waals surface area (Å²) in [6.07, 6.45) is 0. The highest BCUT2D eigenvalue weighted by Crippen LogP contribution is 2.38. The first-order chi connectivity index (χ1) is 8.35. The van der Waals surface area contributed by atoms with E-state index in [4.69, 9.17) is 14.2 Å². The lowest BCUT2D eigenvalue weighted by atomic mass is 9.83. The minimum atomic E-state index is -1.24. The molecule has 0 saturated carbocycles. The molecule has 0 N–H and O–H groups in total. The Morgan fingerprint density at radius 3 is 2.17 bits per heavy atom. The lowest BCUT2D eigenvalue weighted by molar-refractivity contribution is -0.162. The number of hydrogen-bond donors (Lipinski definition) is 0. The van der Waals surface area contributed by atoms with Crippen LogP contribution >= 0.6 is 0 Å². The van der Waals surface area contributed by atoms with Gasteiger partial charge in [0, 0.05) is 0 Å². The molecule has 1 heterocycles. The number of cyclic esters (lactones) is 1. The average Bonchev–Trinajstić information content (AvgIpc) is 2.48. The number of carbonyl (C=O) groups excluding carboxylic acids is 3. The van der Waals surface area contributed by atoms with Crippen LogP contribution in [-0.2, 0) is 28.6 Å². The van der Waals surface area contributed by atoms with E-state index in [0.717, 1.165) is 0 Å². The second-order valence-electron chi connectivity index (χ2n) is 4.48. The molecule has 18 heavy (non-hydrogen) atoms. The Balaban J connectivity index is 3.01. The topological polar surface area (TPSA) is 78.9 Å². The molecular weight excluding hydrogens is 240 g/mol. The van der Waals surface area contributed by atoms with Gasteiger partial charge in [-0.2, -0.15) is 0 Å². The largest absolute Gasteiger partial charge is 0.466 e. The summed E-state index contributed by atoms with van der Waals surface area (Å²) in [4.78, 5) is 35.3. The van der Waals surface area contributed by atoms with E-state index in [9.17, 15) is 14.4 Å². The van der Waals surface area contributed by atoms with E-state index in [2.05, 4.69) is 0 Å². The molecule has 0 spiro atoms. The fourth-order valence-electron chi connectivity index (χ4n) is 2.04. The molecule has 1 rings (SSSR count). The van der Waals surface area contributed by atoms with E-state index in [-0.39, 0.29) is 13.2 Å². The number of ether oxygens (including phenoxy) is 3. The van der Waals surface area contributed by atoms with Crippen molar-refractivity contribution in [2.45, 2.75) is 33.3 Å². The maximum atomic E-state index is 11.9. The maximum absolute atomic E-state index is 11.9. The van der Waals surface area contributed by atoms with Crippen molar-refractivity contribution in [2.75, 3.05) is 13.2 Å². The van der Waals surface area contributed by atoms with Gasteiger partial charge in [-0.05, 0) is 27.7 Å². The minimum absolute atomic E-state index is 0.137. The lowest BCUT2D eigenvalue weighted by Crippen LogP contribution is -2.40. The zero-order valence-electron chi connectivity index (χ0n) is 11.0. The third-order valence-electron chi connectivity index (χ3n) is 2.78. The first kappa shape index (κ1) is 14.5. The number of esters is 3. The molecule has 0 unspecified atom stereocenters. The molecule has 0 bridgehead atoms. The van der Waals surface area contributed by atoms with Crippen LogP contribution < -0.4 is 0 Å². The van der Waals surface area contributed by atoms with Gasteiger partial charge < -0.3 is 14.2 Å². The molecule has 2 atom stereocenters. The molecule has 1 aliphatic heterocycles. The van der Waals surface area contributed by atoms with E-state index in [1.807, 2.05) is 0 Å². The highest BCUT2D eigenvalue weighted by Gasteiger charge is 2.58. The molecule has 0 aromatic rings. The third-order valence-corrected chi connectivity index (χ3v) is 2.78. The average molecular weight is 258 g/mol. The summed E-state index contributed by atoms with van der Waals surface area (Å²) in [6.45, 7) is 6.75. The molecule has 0 aliphatic carbocycles. The van der Waals surface area contributed by atoms with Gasteiger partial charge in [0.25, 0.3) is 0 Å². The van der Waals surface area contributed by atoms with E-state index < -0.39 is 35.3 Å². The molecule has 6 heteroatoms. The van der Waals surface area contributed by atoms with Gasteiger partial charge in [0.05, 0.1) is 13.2 Å². The van der Waals surface area contributed by atoms with Crippen molar-refractivity contribution in [2.24, 2.45) is 11.8 Å². The number of hydrogen-bond acceptors (Lipinski definition) is 6. The molecule has 0 aromatic heterocycles. The maximum Gasteiger partial charge on any atom is 0.321 e. The molecular formula is C12H18O6. The third kappa shape index (κ3) is 2.63. The molecule has 0 amide bonds. The summed E-state index contributed by atoms with van der Waals surface area (Å²) in [6, 6.07) is 0. The van der Waals surface area contributed by atoms with Crippen LogP contribution in [0.25, 0.3) is 0 Å². The fraction of sp³-hybridized carbons (Fsp3) is 0.750. The Morgan fingerprint density at radius 2 is 1.67 bits per heavy atom. The van der Waals surface area contributed by atoms with Gasteiger partial charge in [0.15, 0.2) is 5.92 Å². The van der Waals surface area contributed by atoms with Crippen molar-refractivity contribution in [3.63, 3.8) is 0 Å². The SMILES string of the molecule is CCOC(=O)[C@H]1C(=O)OC(C)(C)[C@@H]1C(=O)OCC. The van der Waals surface area contributed by atoms with Crippen molar-refractivity contribution in [1.29, 1.82) is 0 Å². The van der Waals surface area contributed by atoms with E-state index >= 15 is 0 Å². The Morgan fingerprint density at radius 1 is 1.17 bits per heavy atom. The van der Waals surface area contributed by atoms with Crippen LogP contribution in [0.4, 0.5) is 0 Å². The summed E-state index contributed by atoms with van der Waals surface area (Å²) in [5, 5.41) is 0. The second-order valence-corrected chi connectivity index (χ2v) is 4.48. The Bertz CT molecular complexity index is 360. The summed E-state index contributed by atoms with van der Waals surface area (Å²) in [5.74, 6) is -4.31. The summed E-state index contributed by atoms with van der Waals surface area (Å²) < 4.78 is 14.8. The van der Waals surface area contributed by atoms with Crippen LogP contribution in [0.2, 0.25) is 0 Å². The zero-order chi connectivity index (χ0) is 13.9. The summed E-state index contributed by atoms with van der Waals surface area (Å²) in [7, 11) is 0. The van der Waals surface area contributed by atoms with Crippen molar-refractivity contribution in [3.05, 3.63) is 0 Å². The van der Waals surface area contributed by atoms with Gasteiger partial charge in [-0.25, -0.2) is 0 Å². The van der Waals surface area contributed by atoms with Gasteiger partial charge in [-0.3, -0.25) is 14.4 Å². The van der Waals surface area contributed by atoms with Gasteiger partial charge in [0.2, 0.25) is 0 Å². The zero-order valence-corrected chi connectivity index (χ0v) is 11.0. The molecule has 102 valence electrons.